The Morgan fingerprint density at radius 2 is 2.19 bits per heavy atom. The molecule has 0 spiro atoms. The minimum atomic E-state index is -0.354. The predicted molar refractivity (Wildman–Crippen MR) is 81.0 cm³/mol. The molecule has 0 saturated heterocycles. The lowest BCUT2D eigenvalue weighted by molar-refractivity contribution is 0.0980. The Hall–Kier alpha value is -1.62. The van der Waals surface area contributed by atoms with Crippen LogP contribution < -0.4 is 0 Å². The molecular weight excluding hydrogens is 264 g/mol. The van der Waals surface area contributed by atoms with E-state index in [-0.39, 0.29) is 11.5 Å². The van der Waals surface area contributed by atoms with Crippen molar-refractivity contribution in [1.82, 2.24) is 19.3 Å². The Labute approximate surface area is 125 Å². The number of aryl methyl sites for hydroxylation is 2. The molecule has 21 heavy (non-hydrogen) atoms. The van der Waals surface area contributed by atoms with Gasteiger partial charge in [-0.2, -0.15) is 0 Å². The lowest BCUT2D eigenvalue weighted by atomic mass is 9.75. The molecular formula is C16H24N4O. The highest BCUT2D eigenvalue weighted by Gasteiger charge is 2.34. The third-order valence-electron chi connectivity index (χ3n) is 4.54. The maximum Gasteiger partial charge on any atom is 0.152 e. The Balaban J connectivity index is 2.01. The summed E-state index contributed by atoms with van der Waals surface area (Å²) in [6.07, 6.45) is 3.24. The normalized spacial score (nSPS) is 20.5. The second kappa shape index (κ2) is 4.98. The van der Waals surface area contributed by atoms with E-state index in [4.69, 9.17) is 0 Å². The smallest absolute Gasteiger partial charge is 0.152 e. The van der Waals surface area contributed by atoms with Crippen molar-refractivity contribution < 1.29 is 5.11 Å². The Morgan fingerprint density at radius 3 is 2.90 bits per heavy atom. The molecule has 0 fully saturated rings. The monoisotopic (exact) mass is 288 g/mol. The lowest BCUT2D eigenvalue weighted by Crippen LogP contribution is -2.27. The van der Waals surface area contributed by atoms with Crippen molar-refractivity contribution in [2.45, 2.75) is 59.7 Å². The first-order chi connectivity index (χ1) is 9.91. The maximum absolute atomic E-state index is 10.4. The Bertz CT molecular complexity index is 653. The van der Waals surface area contributed by atoms with Crippen molar-refractivity contribution >= 4 is 0 Å². The van der Waals surface area contributed by atoms with Gasteiger partial charge in [0.15, 0.2) is 5.82 Å². The second-order valence-electron chi connectivity index (χ2n) is 6.87. The molecule has 2 aromatic rings. The molecule has 1 N–H and O–H groups in total. The van der Waals surface area contributed by atoms with E-state index in [9.17, 15) is 5.11 Å². The molecule has 1 aliphatic carbocycles. The SMILES string of the molecule is CCn1cnnc1Cn1c(C)cc2c1CC(C)(C)CC2O. The first kappa shape index (κ1) is 14.3. The quantitative estimate of drug-likeness (QED) is 0.944. The third-order valence-corrected chi connectivity index (χ3v) is 4.54. The second-order valence-corrected chi connectivity index (χ2v) is 6.87. The summed E-state index contributed by atoms with van der Waals surface area (Å²) in [5.74, 6) is 0.969. The van der Waals surface area contributed by atoms with E-state index in [0.717, 1.165) is 37.3 Å². The largest absolute Gasteiger partial charge is 0.388 e. The molecule has 2 aromatic heterocycles. The summed E-state index contributed by atoms with van der Waals surface area (Å²) in [5, 5.41) is 18.7. The van der Waals surface area contributed by atoms with E-state index in [2.05, 4.69) is 53.1 Å². The molecule has 1 atom stereocenters. The summed E-state index contributed by atoms with van der Waals surface area (Å²) >= 11 is 0. The lowest BCUT2D eigenvalue weighted by Gasteiger charge is -2.34. The molecule has 0 radical (unpaired) electrons. The molecule has 0 saturated carbocycles. The van der Waals surface area contributed by atoms with Gasteiger partial charge in [-0.05, 0) is 38.2 Å². The van der Waals surface area contributed by atoms with E-state index in [0.29, 0.717) is 0 Å². The fourth-order valence-electron chi connectivity index (χ4n) is 3.43. The molecule has 1 unspecified atom stereocenters. The topological polar surface area (TPSA) is 55.9 Å². The number of hydrogen-bond donors (Lipinski definition) is 1. The molecule has 0 aliphatic heterocycles. The van der Waals surface area contributed by atoms with Gasteiger partial charge in [-0.15, -0.1) is 10.2 Å². The van der Waals surface area contributed by atoms with Crippen LogP contribution in [0, 0.1) is 12.3 Å². The first-order valence-electron chi connectivity index (χ1n) is 7.65. The minimum Gasteiger partial charge on any atom is -0.388 e. The van der Waals surface area contributed by atoms with Crippen LogP contribution in [-0.4, -0.2) is 24.4 Å². The van der Waals surface area contributed by atoms with Crippen molar-refractivity contribution in [3.05, 3.63) is 35.2 Å². The maximum atomic E-state index is 10.4. The summed E-state index contributed by atoms with van der Waals surface area (Å²) in [7, 11) is 0. The standard InChI is InChI=1S/C16H24N4O/c1-5-19-10-17-18-15(19)9-20-11(2)6-12-13(20)7-16(3,4)8-14(12)21/h6,10,14,21H,5,7-9H2,1-4H3. The van der Waals surface area contributed by atoms with Crippen LogP contribution in [0.25, 0.3) is 0 Å². The first-order valence-corrected chi connectivity index (χ1v) is 7.65. The molecule has 114 valence electrons. The number of hydrogen-bond acceptors (Lipinski definition) is 3. The van der Waals surface area contributed by atoms with Gasteiger partial charge in [0.05, 0.1) is 12.6 Å². The van der Waals surface area contributed by atoms with Gasteiger partial charge in [-0.3, -0.25) is 0 Å². The molecule has 5 nitrogen and oxygen atoms in total. The third kappa shape index (κ3) is 2.50. The van der Waals surface area contributed by atoms with Gasteiger partial charge in [0.2, 0.25) is 0 Å². The van der Waals surface area contributed by atoms with Gasteiger partial charge in [-0.25, -0.2) is 0 Å². The average Bonchev–Trinajstić information content (AvgIpc) is 2.96. The predicted octanol–water partition coefficient (Wildman–Crippen LogP) is 2.46. The van der Waals surface area contributed by atoms with Crippen molar-refractivity contribution in [2.24, 2.45) is 5.41 Å². The highest BCUT2D eigenvalue weighted by molar-refractivity contribution is 5.33. The van der Waals surface area contributed by atoms with Gasteiger partial charge in [0.25, 0.3) is 0 Å². The van der Waals surface area contributed by atoms with Crippen LogP contribution in [0.1, 0.15) is 56.1 Å². The Kier molecular flexibility index (Phi) is 3.40. The molecule has 3 rings (SSSR count). The van der Waals surface area contributed by atoms with Crippen molar-refractivity contribution in [3.63, 3.8) is 0 Å². The zero-order chi connectivity index (χ0) is 15.2. The van der Waals surface area contributed by atoms with Gasteiger partial charge in [-0.1, -0.05) is 13.8 Å². The van der Waals surface area contributed by atoms with Gasteiger partial charge < -0.3 is 14.2 Å². The van der Waals surface area contributed by atoms with E-state index in [1.54, 1.807) is 6.33 Å². The fraction of sp³-hybridized carbons (Fsp3) is 0.625. The summed E-state index contributed by atoms with van der Waals surface area (Å²) in [5.41, 5.74) is 3.66. The van der Waals surface area contributed by atoms with Crippen LogP contribution in [0.4, 0.5) is 0 Å². The van der Waals surface area contributed by atoms with Crippen molar-refractivity contribution in [2.75, 3.05) is 0 Å². The molecule has 2 heterocycles. The number of aliphatic hydroxyl groups excluding tert-OH is 1. The molecule has 0 amide bonds. The van der Waals surface area contributed by atoms with E-state index in [1.807, 2.05) is 0 Å². The zero-order valence-corrected chi connectivity index (χ0v) is 13.3. The minimum absolute atomic E-state index is 0.132. The number of aromatic nitrogens is 4. The van der Waals surface area contributed by atoms with Crippen LogP contribution in [0.15, 0.2) is 12.4 Å². The van der Waals surface area contributed by atoms with E-state index >= 15 is 0 Å². The van der Waals surface area contributed by atoms with Crippen molar-refractivity contribution in [1.29, 1.82) is 0 Å². The summed E-state index contributed by atoms with van der Waals surface area (Å²) in [6, 6.07) is 2.13. The van der Waals surface area contributed by atoms with Gasteiger partial charge >= 0.3 is 0 Å². The Morgan fingerprint density at radius 1 is 1.43 bits per heavy atom. The fourth-order valence-corrected chi connectivity index (χ4v) is 3.43. The van der Waals surface area contributed by atoms with Gasteiger partial charge in [0, 0.05) is 23.5 Å². The zero-order valence-electron chi connectivity index (χ0n) is 13.3. The number of rotatable bonds is 3. The molecule has 0 aromatic carbocycles. The van der Waals surface area contributed by atoms with Crippen molar-refractivity contribution in [3.8, 4) is 0 Å². The summed E-state index contributed by atoms with van der Waals surface area (Å²) in [4.78, 5) is 0. The highest BCUT2D eigenvalue weighted by Crippen LogP contribution is 2.42. The molecule has 0 bridgehead atoms. The average molecular weight is 288 g/mol. The number of fused-ring (bicyclic) bond motifs is 1. The van der Waals surface area contributed by atoms with Crippen LogP contribution >= 0.6 is 0 Å². The van der Waals surface area contributed by atoms with Crippen LogP contribution in [0.5, 0.6) is 0 Å². The highest BCUT2D eigenvalue weighted by atomic mass is 16.3. The van der Waals surface area contributed by atoms with Crippen LogP contribution in [-0.2, 0) is 19.5 Å². The summed E-state index contributed by atoms with van der Waals surface area (Å²) in [6.45, 7) is 10.2. The number of nitrogens with zero attached hydrogens (tertiary/aromatic N) is 4. The number of aliphatic hydroxyl groups is 1. The molecule has 5 heteroatoms. The van der Waals surface area contributed by atoms with Crippen LogP contribution in [0.2, 0.25) is 0 Å². The van der Waals surface area contributed by atoms with Crippen LogP contribution in [0.3, 0.4) is 0 Å². The molecule has 1 aliphatic rings. The summed E-state index contributed by atoms with van der Waals surface area (Å²) < 4.78 is 4.35. The van der Waals surface area contributed by atoms with E-state index in [1.165, 1.54) is 11.4 Å². The van der Waals surface area contributed by atoms with Gasteiger partial charge in [0.1, 0.15) is 6.33 Å². The van der Waals surface area contributed by atoms with E-state index < -0.39 is 0 Å².